The third-order valence-electron chi connectivity index (χ3n) is 3.61. The van der Waals surface area contributed by atoms with Crippen molar-refractivity contribution < 1.29 is 4.79 Å². The molecule has 0 bridgehead atoms. The molecular weight excluding hydrogens is 224 g/mol. The van der Waals surface area contributed by atoms with Crippen molar-refractivity contribution in [3.05, 3.63) is 35.4 Å². The number of rotatable bonds is 3. The van der Waals surface area contributed by atoms with E-state index in [4.69, 9.17) is 0 Å². The predicted octanol–water partition coefficient (Wildman–Crippen LogP) is 2.27. The molecule has 0 radical (unpaired) electrons. The number of benzene rings is 1. The summed E-state index contributed by atoms with van der Waals surface area (Å²) in [5, 5.41) is 2.95. The Balaban J connectivity index is 2.17. The van der Waals surface area contributed by atoms with E-state index in [-0.39, 0.29) is 11.9 Å². The van der Waals surface area contributed by atoms with Gasteiger partial charge in [-0.2, -0.15) is 0 Å². The van der Waals surface area contributed by atoms with Gasteiger partial charge >= 0.3 is 0 Å². The molecule has 1 fully saturated rings. The highest BCUT2D eigenvalue weighted by atomic mass is 16.2. The third kappa shape index (κ3) is 2.91. The molecule has 3 nitrogen and oxygen atoms in total. The summed E-state index contributed by atoms with van der Waals surface area (Å²) in [4.78, 5) is 14.1. The number of aryl methyl sites for hydroxylation is 1. The zero-order chi connectivity index (χ0) is 13.0. The molecule has 1 atom stereocenters. The molecule has 0 spiro atoms. The SMILES string of the molecule is CNCC(=O)N1CCCCC1c1ccc(C)cc1. The van der Waals surface area contributed by atoms with Gasteiger partial charge in [-0.15, -0.1) is 0 Å². The Kier molecular flexibility index (Phi) is 4.37. The molecule has 1 aromatic carbocycles. The van der Waals surface area contributed by atoms with Crippen LogP contribution in [0.3, 0.4) is 0 Å². The molecule has 1 saturated heterocycles. The van der Waals surface area contributed by atoms with E-state index in [9.17, 15) is 4.79 Å². The van der Waals surface area contributed by atoms with Crippen molar-refractivity contribution in [3.8, 4) is 0 Å². The van der Waals surface area contributed by atoms with Gasteiger partial charge in [0.2, 0.25) is 5.91 Å². The Morgan fingerprint density at radius 3 is 2.72 bits per heavy atom. The second-order valence-corrected chi connectivity index (χ2v) is 5.04. The van der Waals surface area contributed by atoms with Crippen molar-refractivity contribution >= 4 is 5.91 Å². The monoisotopic (exact) mass is 246 g/mol. The Bertz CT molecular complexity index is 399. The molecule has 0 aromatic heterocycles. The van der Waals surface area contributed by atoms with Gasteiger partial charge in [-0.05, 0) is 38.8 Å². The molecule has 18 heavy (non-hydrogen) atoms. The van der Waals surface area contributed by atoms with Gasteiger partial charge in [0.25, 0.3) is 0 Å². The number of piperidine rings is 1. The largest absolute Gasteiger partial charge is 0.335 e. The minimum atomic E-state index is 0.211. The van der Waals surface area contributed by atoms with Crippen LogP contribution >= 0.6 is 0 Å². The fourth-order valence-electron chi connectivity index (χ4n) is 2.62. The van der Waals surface area contributed by atoms with Gasteiger partial charge < -0.3 is 10.2 Å². The molecule has 98 valence electrons. The number of hydrogen-bond donors (Lipinski definition) is 1. The van der Waals surface area contributed by atoms with Crippen molar-refractivity contribution in [1.82, 2.24) is 10.2 Å². The van der Waals surface area contributed by atoms with E-state index >= 15 is 0 Å². The Morgan fingerprint density at radius 1 is 1.33 bits per heavy atom. The number of likely N-dealkylation sites (N-methyl/N-ethyl adjacent to an activating group) is 1. The summed E-state index contributed by atoms with van der Waals surface area (Å²) in [5.41, 5.74) is 2.53. The second kappa shape index (κ2) is 6.01. The molecule has 1 heterocycles. The van der Waals surface area contributed by atoms with Crippen molar-refractivity contribution in [1.29, 1.82) is 0 Å². The quantitative estimate of drug-likeness (QED) is 0.887. The third-order valence-corrected chi connectivity index (χ3v) is 3.61. The van der Waals surface area contributed by atoms with Crippen LogP contribution in [-0.4, -0.2) is 30.9 Å². The average Bonchev–Trinajstić information content (AvgIpc) is 2.40. The van der Waals surface area contributed by atoms with E-state index in [2.05, 4.69) is 36.5 Å². The Morgan fingerprint density at radius 2 is 2.06 bits per heavy atom. The van der Waals surface area contributed by atoms with Gasteiger partial charge in [0.1, 0.15) is 0 Å². The molecule has 1 aliphatic rings. The summed E-state index contributed by atoms with van der Waals surface area (Å²) < 4.78 is 0. The lowest BCUT2D eigenvalue weighted by Gasteiger charge is -2.36. The lowest BCUT2D eigenvalue weighted by atomic mass is 9.94. The zero-order valence-corrected chi connectivity index (χ0v) is 11.3. The van der Waals surface area contributed by atoms with Crippen LogP contribution in [-0.2, 0) is 4.79 Å². The topological polar surface area (TPSA) is 32.3 Å². The maximum Gasteiger partial charge on any atom is 0.237 e. The number of nitrogens with zero attached hydrogens (tertiary/aromatic N) is 1. The van der Waals surface area contributed by atoms with Gasteiger partial charge in [-0.25, -0.2) is 0 Å². The normalized spacial score (nSPS) is 19.9. The fraction of sp³-hybridized carbons (Fsp3) is 0.533. The second-order valence-electron chi connectivity index (χ2n) is 5.04. The summed E-state index contributed by atoms with van der Waals surface area (Å²) in [6.07, 6.45) is 3.41. The van der Waals surface area contributed by atoms with E-state index in [1.165, 1.54) is 17.5 Å². The molecule has 0 saturated carbocycles. The summed E-state index contributed by atoms with van der Waals surface area (Å²) in [5.74, 6) is 0.211. The van der Waals surface area contributed by atoms with Gasteiger partial charge in [0.15, 0.2) is 0 Å². The standard InChI is InChI=1S/C15H22N2O/c1-12-6-8-13(9-7-12)14-5-3-4-10-17(14)15(18)11-16-2/h6-9,14,16H,3-5,10-11H2,1-2H3. The predicted molar refractivity (Wildman–Crippen MR) is 73.4 cm³/mol. The lowest BCUT2D eigenvalue weighted by molar-refractivity contribution is -0.134. The number of nitrogens with one attached hydrogen (secondary N) is 1. The van der Waals surface area contributed by atoms with E-state index in [1.807, 2.05) is 11.9 Å². The van der Waals surface area contributed by atoms with Crippen LogP contribution in [0, 0.1) is 6.92 Å². The minimum absolute atomic E-state index is 0.211. The van der Waals surface area contributed by atoms with E-state index in [0.29, 0.717) is 6.54 Å². The van der Waals surface area contributed by atoms with Crippen LogP contribution in [0.2, 0.25) is 0 Å². The maximum atomic E-state index is 12.1. The van der Waals surface area contributed by atoms with Crippen molar-refractivity contribution in [2.24, 2.45) is 0 Å². The summed E-state index contributed by atoms with van der Waals surface area (Å²) in [7, 11) is 1.82. The van der Waals surface area contributed by atoms with Gasteiger partial charge in [-0.3, -0.25) is 4.79 Å². The Labute approximate surface area is 109 Å². The molecule has 3 heteroatoms. The Hall–Kier alpha value is -1.35. The van der Waals surface area contributed by atoms with E-state index in [0.717, 1.165) is 19.4 Å². The molecule has 1 aliphatic heterocycles. The van der Waals surface area contributed by atoms with E-state index in [1.54, 1.807) is 0 Å². The maximum absolute atomic E-state index is 12.1. The summed E-state index contributed by atoms with van der Waals surface area (Å²) >= 11 is 0. The molecular formula is C15H22N2O. The molecule has 2 rings (SSSR count). The minimum Gasteiger partial charge on any atom is -0.335 e. The molecule has 1 unspecified atom stereocenters. The smallest absolute Gasteiger partial charge is 0.237 e. The van der Waals surface area contributed by atoms with Crippen LogP contribution in [0.25, 0.3) is 0 Å². The van der Waals surface area contributed by atoms with E-state index < -0.39 is 0 Å². The summed E-state index contributed by atoms with van der Waals surface area (Å²) in [6.45, 7) is 3.41. The fourth-order valence-corrected chi connectivity index (χ4v) is 2.62. The lowest BCUT2D eigenvalue weighted by Crippen LogP contribution is -2.42. The molecule has 1 aromatic rings. The first-order valence-corrected chi connectivity index (χ1v) is 6.73. The number of amides is 1. The van der Waals surface area contributed by atoms with Crippen LogP contribution in [0.15, 0.2) is 24.3 Å². The zero-order valence-electron chi connectivity index (χ0n) is 11.3. The van der Waals surface area contributed by atoms with Crippen LogP contribution in [0.4, 0.5) is 0 Å². The van der Waals surface area contributed by atoms with Crippen molar-refractivity contribution in [2.45, 2.75) is 32.2 Å². The highest BCUT2D eigenvalue weighted by Gasteiger charge is 2.27. The first-order valence-electron chi connectivity index (χ1n) is 6.73. The first-order chi connectivity index (χ1) is 8.72. The first kappa shape index (κ1) is 13.1. The van der Waals surface area contributed by atoms with Crippen LogP contribution in [0.5, 0.6) is 0 Å². The molecule has 0 aliphatic carbocycles. The van der Waals surface area contributed by atoms with Gasteiger partial charge in [0.05, 0.1) is 12.6 Å². The number of hydrogen-bond acceptors (Lipinski definition) is 2. The van der Waals surface area contributed by atoms with Gasteiger partial charge in [0, 0.05) is 6.54 Å². The van der Waals surface area contributed by atoms with Crippen LogP contribution in [0.1, 0.15) is 36.4 Å². The number of likely N-dealkylation sites (tertiary alicyclic amines) is 1. The van der Waals surface area contributed by atoms with Crippen molar-refractivity contribution in [2.75, 3.05) is 20.1 Å². The van der Waals surface area contributed by atoms with Crippen LogP contribution < -0.4 is 5.32 Å². The molecule has 1 N–H and O–H groups in total. The number of carbonyl (C=O) groups is 1. The van der Waals surface area contributed by atoms with Gasteiger partial charge in [-0.1, -0.05) is 29.8 Å². The molecule has 1 amide bonds. The average molecular weight is 246 g/mol. The highest BCUT2D eigenvalue weighted by molar-refractivity contribution is 5.78. The number of carbonyl (C=O) groups excluding carboxylic acids is 1. The summed E-state index contributed by atoms with van der Waals surface area (Å²) in [6, 6.07) is 8.84. The highest BCUT2D eigenvalue weighted by Crippen LogP contribution is 2.30. The van der Waals surface area contributed by atoms with Crippen molar-refractivity contribution in [3.63, 3.8) is 0 Å².